The highest BCUT2D eigenvalue weighted by molar-refractivity contribution is 8.00. The zero-order valence-corrected chi connectivity index (χ0v) is 16.9. The lowest BCUT2D eigenvalue weighted by Gasteiger charge is -2.33. The van der Waals surface area contributed by atoms with E-state index in [9.17, 15) is 4.79 Å². The van der Waals surface area contributed by atoms with Crippen LogP contribution in [0.4, 0.5) is 0 Å². The molecular weight excluding hydrogens is 378 g/mol. The predicted octanol–water partition coefficient (Wildman–Crippen LogP) is 2.04. The highest BCUT2D eigenvalue weighted by atomic mass is 32.2. The second-order valence-electron chi connectivity index (χ2n) is 6.89. The van der Waals surface area contributed by atoms with Crippen LogP contribution in [0, 0.1) is 6.92 Å². The Labute approximate surface area is 168 Å². The van der Waals surface area contributed by atoms with Crippen molar-refractivity contribution >= 4 is 17.7 Å². The van der Waals surface area contributed by atoms with Gasteiger partial charge in [0.2, 0.25) is 11.1 Å². The Hall–Kier alpha value is -2.26. The van der Waals surface area contributed by atoms with Gasteiger partial charge < -0.3 is 20.2 Å². The summed E-state index contributed by atoms with van der Waals surface area (Å²) >= 11 is 1.43. The molecule has 2 aliphatic rings. The molecule has 28 heavy (non-hydrogen) atoms. The van der Waals surface area contributed by atoms with Crippen molar-refractivity contribution in [2.24, 2.45) is 0 Å². The summed E-state index contributed by atoms with van der Waals surface area (Å²) in [5.74, 6) is 1.55. The zero-order valence-electron chi connectivity index (χ0n) is 16.1. The molecule has 1 fully saturated rings. The third-order valence-electron chi connectivity index (χ3n) is 4.94. The molecule has 2 aromatic rings. The summed E-state index contributed by atoms with van der Waals surface area (Å²) in [6.07, 6.45) is 2.16. The molecule has 150 valence electrons. The van der Waals surface area contributed by atoms with E-state index in [1.54, 1.807) is 0 Å². The molecule has 3 atom stereocenters. The maximum atomic E-state index is 13.0. The lowest BCUT2D eigenvalue weighted by molar-refractivity contribution is -0.121. The van der Waals surface area contributed by atoms with E-state index in [1.807, 2.05) is 42.8 Å². The van der Waals surface area contributed by atoms with E-state index in [4.69, 9.17) is 9.47 Å². The zero-order chi connectivity index (χ0) is 19.5. The molecule has 0 radical (unpaired) electrons. The average molecular weight is 404 g/mol. The van der Waals surface area contributed by atoms with Gasteiger partial charge in [-0.15, -0.1) is 10.2 Å². The fourth-order valence-corrected chi connectivity index (χ4v) is 4.62. The highest BCUT2D eigenvalue weighted by Gasteiger charge is 2.37. The van der Waals surface area contributed by atoms with Crippen LogP contribution in [0.2, 0.25) is 0 Å². The summed E-state index contributed by atoms with van der Waals surface area (Å²) in [6, 6.07) is 7.64. The van der Waals surface area contributed by atoms with Gasteiger partial charge in [-0.25, -0.2) is 4.68 Å². The van der Waals surface area contributed by atoms with E-state index < -0.39 is 0 Å². The first-order valence-electron chi connectivity index (χ1n) is 9.63. The van der Waals surface area contributed by atoms with Crippen molar-refractivity contribution in [1.29, 1.82) is 0 Å². The number of nitrogens with one attached hydrogen (secondary N) is 2. The minimum absolute atomic E-state index is 0.0289. The van der Waals surface area contributed by atoms with Gasteiger partial charge in [-0.3, -0.25) is 4.79 Å². The van der Waals surface area contributed by atoms with Gasteiger partial charge in [0.15, 0.2) is 0 Å². The number of benzene rings is 1. The number of nitrogens with zero attached hydrogens (tertiary/aromatic N) is 3. The summed E-state index contributed by atoms with van der Waals surface area (Å²) in [7, 11) is 0. The first kappa shape index (κ1) is 19.1. The van der Waals surface area contributed by atoms with Crippen molar-refractivity contribution in [3.63, 3.8) is 0 Å². The van der Waals surface area contributed by atoms with Crippen LogP contribution in [0.5, 0.6) is 5.75 Å². The largest absolute Gasteiger partial charge is 0.494 e. The number of thioether (sulfide) groups is 1. The summed E-state index contributed by atoms with van der Waals surface area (Å²) < 4.78 is 13.0. The van der Waals surface area contributed by atoms with Crippen LogP contribution in [0.25, 0.3) is 0 Å². The number of aromatic nitrogens is 3. The van der Waals surface area contributed by atoms with Crippen molar-refractivity contribution in [2.75, 3.05) is 25.2 Å². The average Bonchev–Trinajstić information content (AvgIpc) is 3.36. The number of carbonyl (C=O) groups excluding carboxylic acids is 1. The molecule has 2 aliphatic heterocycles. The van der Waals surface area contributed by atoms with Crippen molar-refractivity contribution in [3.8, 4) is 5.75 Å². The fraction of sp³-hybridized carbons (Fsp3) is 0.526. The van der Waals surface area contributed by atoms with E-state index in [-0.39, 0.29) is 23.3 Å². The van der Waals surface area contributed by atoms with Crippen LogP contribution >= 0.6 is 11.8 Å². The first-order valence-corrected chi connectivity index (χ1v) is 10.5. The van der Waals surface area contributed by atoms with Gasteiger partial charge in [0.25, 0.3) is 0 Å². The van der Waals surface area contributed by atoms with Crippen molar-refractivity contribution in [3.05, 3.63) is 35.7 Å². The van der Waals surface area contributed by atoms with Gasteiger partial charge in [-0.2, -0.15) is 0 Å². The Bertz CT molecular complexity index is 819. The molecule has 0 bridgehead atoms. The van der Waals surface area contributed by atoms with Crippen molar-refractivity contribution in [2.45, 2.75) is 49.2 Å². The quantitative estimate of drug-likeness (QED) is 0.763. The number of rotatable bonds is 6. The van der Waals surface area contributed by atoms with E-state index in [0.717, 1.165) is 36.6 Å². The van der Waals surface area contributed by atoms with Gasteiger partial charge in [-0.05, 0) is 44.4 Å². The molecular formula is C19H25N5O3S. The molecule has 9 heteroatoms. The molecule has 0 spiro atoms. The molecule has 1 amide bonds. The Morgan fingerprint density at radius 3 is 2.93 bits per heavy atom. The number of hydrogen-bond donors (Lipinski definition) is 2. The second-order valence-corrected chi connectivity index (χ2v) is 8.00. The summed E-state index contributed by atoms with van der Waals surface area (Å²) in [6.45, 7) is 5.78. The fourth-order valence-electron chi connectivity index (χ4n) is 3.47. The van der Waals surface area contributed by atoms with Crippen LogP contribution in [-0.2, 0) is 9.53 Å². The highest BCUT2D eigenvalue weighted by Crippen LogP contribution is 2.37. The van der Waals surface area contributed by atoms with Gasteiger partial charge in [0.05, 0.1) is 18.8 Å². The molecule has 0 unspecified atom stereocenters. The summed E-state index contributed by atoms with van der Waals surface area (Å²) in [4.78, 5) is 13.0. The van der Waals surface area contributed by atoms with Gasteiger partial charge in [-0.1, -0.05) is 23.9 Å². The molecule has 1 saturated heterocycles. The molecule has 4 rings (SSSR count). The molecule has 3 heterocycles. The summed E-state index contributed by atoms with van der Waals surface area (Å²) in [5.41, 5.74) is 4.42. The van der Waals surface area contributed by atoms with Crippen LogP contribution in [-0.4, -0.2) is 51.9 Å². The number of aryl methyl sites for hydroxylation is 1. The predicted molar refractivity (Wildman–Crippen MR) is 106 cm³/mol. The SMILES string of the molecule is CCOc1ccc([C@@H]2Nn3c(C)nnc3S[C@@H]2C(=O)NC[C@H]2CCCO2)cc1. The number of carbonyl (C=O) groups is 1. The lowest BCUT2D eigenvalue weighted by atomic mass is 10.0. The molecule has 1 aromatic heterocycles. The number of hydrogen-bond acceptors (Lipinski definition) is 7. The summed E-state index contributed by atoms with van der Waals surface area (Å²) in [5, 5.41) is 11.7. The standard InChI is InChI=1S/C19H25N5O3S/c1-3-26-14-8-6-13(7-9-14)16-17(18(25)20-11-15-5-4-10-27-15)28-19-22-21-12(2)24(19)23-16/h6-9,15-17,23H,3-5,10-11H2,1-2H3,(H,20,25)/t15-,16+,17+/m1/s1. The smallest absolute Gasteiger partial charge is 0.236 e. The van der Waals surface area contributed by atoms with Gasteiger partial charge >= 0.3 is 0 Å². The Morgan fingerprint density at radius 2 is 2.21 bits per heavy atom. The van der Waals surface area contributed by atoms with Crippen LogP contribution in [0.1, 0.15) is 37.2 Å². The third-order valence-corrected chi connectivity index (χ3v) is 6.15. The van der Waals surface area contributed by atoms with Crippen LogP contribution in [0.15, 0.2) is 29.4 Å². The monoisotopic (exact) mass is 403 g/mol. The first-order chi connectivity index (χ1) is 13.7. The number of ether oxygens (including phenoxy) is 2. The van der Waals surface area contributed by atoms with Gasteiger partial charge in [0.1, 0.15) is 16.8 Å². The van der Waals surface area contributed by atoms with E-state index >= 15 is 0 Å². The van der Waals surface area contributed by atoms with Crippen molar-refractivity contribution in [1.82, 2.24) is 20.2 Å². The van der Waals surface area contributed by atoms with Gasteiger partial charge in [0, 0.05) is 13.2 Å². The van der Waals surface area contributed by atoms with E-state index in [1.165, 1.54) is 11.8 Å². The van der Waals surface area contributed by atoms with E-state index in [2.05, 4.69) is 20.9 Å². The topological polar surface area (TPSA) is 90.3 Å². The van der Waals surface area contributed by atoms with Crippen molar-refractivity contribution < 1.29 is 14.3 Å². The third kappa shape index (κ3) is 3.95. The minimum Gasteiger partial charge on any atom is -0.494 e. The molecule has 0 saturated carbocycles. The van der Waals surface area contributed by atoms with Crippen LogP contribution in [0.3, 0.4) is 0 Å². The second kappa shape index (κ2) is 8.40. The molecule has 1 aromatic carbocycles. The minimum atomic E-state index is -0.365. The molecule has 8 nitrogen and oxygen atoms in total. The maximum absolute atomic E-state index is 13.0. The normalized spacial score (nSPS) is 23.7. The number of fused-ring (bicyclic) bond motifs is 1. The Kier molecular flexibility index (Phi) is 5.72. The van der Waals surface area contributed by atoms with E-state index in [0.29, 0.717) is 18.3 Å². The molecule has 0 aliphatic carbocycles. The lowest BCUT2D eigenvalue weighted by Crippen LogP contribution is -2.45. The molecule has 2 N–H and O–H groups in total. The van der Waals surface area contributed by atoms with Crippen LogP contribution < -0.4 is 15.5 Å². The Balaban J connectivity index is 1.54. The maximum Gasteiger partial charge on any atom is 0.236 e. The Morgan fingerprint density at radius 1 is 1.39 bits per heavy atom. The number of amides is 1.